The van der Waals surface area contributed by atoms with E-state index >= 15 is 0 Å². The molecule has 2 aromatic rings. The molecule has 4 unspecified atom stereocenters. The third-order valence-electron chi connectivity index (χ3n) is 8.64. The fourth-order valence-electron chi connectivity index (χ4n) is 6.31. The van der Waals surface area contributed by atoms with Crippen molar-refractivity contribution in [3.63, 3.8) is 0 Å². The Hall–Kier alpha value is -2.86. The molecule has 2 amide bonds. The van der Waals surface area contributed by atoms with E-state index in [9.17, 15) is 35.5 Å². The van der Waals surface area contributed by atoms with Crippen LogP contribution < -0.4 is 0 Å². The molecule has 0 aromatic heterocycles. The van der Waals surface area contributed by atoms with Gasteiger partial charge in [-0.1, -0.05) is 6.07 Å². The van der Waals surface area contributed by atoms with Crippen LogP contribution in [0.4, 0.5) is 35.5 Å². The zero-order valence-electron chi connectivity index (χ0n) is 24.0. The van der Waals surface area contributed by atoms with Crippen molar-refractivity contribution in [1.29, 1.82) is 0 Å². The second-order valence-electron chi connectivity index (χ2n) is 11.3. The van der Waals surface area contributed by atoms with Crippen molar-refractivity contribution in [2.45, 2.75) is 76.1 Å². The number of methoxy groups -OCH3 is 1. The summed E-state index contributed by atoms with van der Waals surface area (Å²) in [6.45, 7) is 4.93. The van der Waals surface area contributed by atoms with Crippen molar-refractivity contribution >= 4 is 6.03 Å². The van der Waals surface area contributed by atoms with Gasteiger partial charge in [0.15, 0.2) is 0 Å². The minimum Gasteiger partial charge on any atom is -0.383 e. The maximum Gasteiger partial charge on any atom is 0.416 e. The van der Waals surface area contributed by atoms with Gasteiger partial charge in [0.05, 0.1) is 29.8 Å². The largest absolute Gasteiger partial charge is 0.416 e. The molecule has 0 N–H and O–H groups in total. The molecule has 5 nitrogen and oxygen atoms in total. The van der Waals surface area contributed by atoms with E-state index in [4.69, 9.17) is 4.74 Å². The first-order valence-electron chi connectivity index (χ1n) is 13.9. The number of rotatable bonds is 6. The Bertz CT molecular complexity index is 1230. The number of nitrogens with zero attached hydrogens (tertiary/aromatic N) is 3. The first kappa shape index (κ1) is 32.1. The summed E-state index contributed by atoms with van der Waals surface area (Å²) >= 11 is 0. The van der Waals surface area contributed by atoms with E-state index in [0.29, 0.717) is 43.7 Å². The smallest absolute Gasteiger partial charge is 0.383 e. The molecule has 12 heteroatoms. The van der Waals surface area contributed by atoms with Crippen LogP contribution in [0.25, 0.3) is 0 Å². The lowest BCUT2D eigenvalue weighted by Crippen LogP contribution is -2.53. The summed E-state index contributed by atoms with van der Waals surface area (Å²) in [5.74, 6) is -0.419. The lowest BCUT2D eigenvalue weighted by molar-refractivity contribution is -0.143. The normalized spacial score (nSPS) is 22.8. The fourth-order valence-corrected chi connectivity index (χ4v) is 6.31. The van der Waals surface area contributed by atoms with Gasteiger partial charge in [0, 0.05) is 32.8 Å². The van der Waals surface area contributed by atoms with E-state index in [1.54, 1.807) is 25.0 Å². The van der Waals surface area contributed by atoms with Gasteiger partial charge in [0.1, 0.15) is 5.82 Å². The van der Waals surface area contributed by atoms with Gasteiger partial charge in [-0.3, -0.25) is 4.90 Å². The summed E-state index contributed by atoms with van der Waals surface area (Å²) in [5, 5.41) is 0. The Kier molecular flexibility index (Phi) is 9.46. The number of urea groups is 1. The highest BCUT2D eigenvalue weighted by Gasteiger charge is 2.41. The Balaban J connectivity index is 1.65. The van der Waals surface area contributed by atoms with Crippen molar-refractivity contribution in [3.8, 4) is 0 Å². The average Bonchev–Trinajstić information content (AvgIpc) is 3.39. The van der Waals surface area contributed by atoms with Gasteiger partial charge in [-0.15, -0.1) is 0 Å². The number of carbonyl (C=O) groups is 1. The van der Waals surface area contributed by atoms with Crippen LogP contribution >= 0.6 is 0 Å². The molecule has 2 aliphatic rings. The summed E-state index contributed by atoms with van der Waals surface area (Å²) in [6.07, 6.45) is -6.81. The number of piperidine rings is 1. The van der Waals surface area contributed by atoms with Crippen LogP contribution in [0.5, 0.6) is 0 Å². The molecule has 42 heavy (non-hydrogen) atoms. The fraction of sp³-hybridized carbons (Fsp3) is 0.567. The van der Waals surface area contributed by atoms with Crippen molar-refractivity contribution < 1.29 is 40.3 Å². The van der Waals surface area contributed by atoms with Gasteiger partial charge in [-0.25, -0.2) is 9.18 Å². The van der Waals surface area contributed by atoms with Gasteiger partial charge >= 0.3 is 18.4 Å². The molecule has 0 saturated carbocycles. The Morgan fingerprint density at radius 3 is 2.24 bits per heavy atom. The number of alkyl halides is 6. The van der Waals surface area contributed by atoms with E-state index in [1.807, 2.05) is 0 Å². The molecule has 4 atom stereocenters. The molecule has 0 aliphatic carbocycles. The number of aryl methyl sites for hydroxylation is 1. The summed E-state index contributed by atoms with van der Waals surface area (Å²) in [6, 6.07) is 3.99. The van der Waals surface area contributed by atoms with Gasteiger partial charge in [0.25, 0.3) is 0 Å². The number of benzene rings is 2. The molecule has 0 bridgehead atoms. The number of carbonyl (C=O) groups excluding carboxylic acids is 1. The van der Waals surface area contributed by atoms with Gasteiger partial charge < -0.3 is 14.5 Å². The zero-order valence-corrected chi connectivity index (χ0v) is 24.0. The van der Waals surface area contributed by atoms with Crippen LogP contribution in [0.2, 0.25) is 0 Å². The molecule has 2 heterocycles. The first-order chi connectivity index (χ1) is 19.6. The number of ether oxygens (including phenoxy) is 1. The number of amides is 2. The van der Waals surface area contributed by atoms with E-state index in [1.165, 1.54) is 31.0 Å². The van der Waals surface area contributed by atoms with Crippen molar-refractivity contribution in [1.82, 2.24) is 14.7 Å². The number of hydrogen-bond donors (Lipinski definition) is 0. The maximum atomic E-state index is 14.0. The summed E-state index contributed by atoms with van der Waals surface area (Å²) in [5.41, 5.74) is -1.75. The zero-order chi connectivity index (χ0) is 31.0. The van der Waals surface area contributed by atoms with Crippen LogP contribution in [-0.2, 0) is 17.1 Å². The van der Waals surface area contributed by atoms with Gasteiger partial charge in [-0.2, -0.15) is 26.3 Å². The quantitative estimate of drug-likeness (QED) is 0.319. The van der Waals surface area contributed by atoms with Crippen molar-refractivity contribution in [2.24, 2.45) is 0 Å². The summed E-state index contributed by atoms with van der Waals surface area (Å²) in [4.78, 5) is 19.1. The molecule has 0 spiro atoms. The van der Waals surface area contributed by atoms with E-state index in [-0.39, 0.29) is 23.7 Å². The minimum atomic E-state index is -5.00. The number of halogens is 7. The topological polar surface area (TPSA) is 36.0 Å². The predicted octanol–water partition coefficient (Wildman–Crippen LogP) is 7.60. The van der Waals surface area contributed by atoms with Crippen molar-refractivity contribution in [3.05, 3.63) is 70.0 Å². The Morgan fingerprint density at radius 2 is 1.67 bits per heavy atom. The third kappa shape index (κ3) is 6.85. The maximum absolute atomic E-state index is 14.0. The summed E-state index contributed by atoms with van der Waals surface area (Å²) in [7, 11) is 3.03. The molecule has 2 aromatic carbocycles. The average molecular weight is 604 g/mol. The van der Waals surface area contributed by atoms with E-state index in [0.717, 1.165) is 24.9 Å². The SMILES string of the molecule is COCC1CCCN1C1CCN(C(=O)N(C)C(C)c2cc(C(F)(F)F)cc(C(F)(F)F)c2)C(c2ccc(F)cc2C)C1. The Labute approximate surface area is 241 Å². The molecule has 2 saturated heterocycles. The highest BCUT2D eigenvalue weighted by atomic mass is 19.4. The second kappa shape index (κ2) is 12.4. The first-order valence-corrected chi connectivity index (χ1v) is 13.9. The predicted molar refractivity (Wildman–Crippen MR) is 143 cm³/mol. The van der Waals surface area contributed by atoms with Crippen LogP contribution in [0.1, 0.15) is 72.5 Å². The van der Waals surface area contributed by atoms with Crippen LogP contribution in [0, 0.1) is 12.7 Å². The molecular weight excluding hydrogens is 567 g/mol. The summed E-state index contributed by atoms with van der Waals surface area (Å²) < 4.78 is 100. The van der Waals surface area contributed by atoms with Crippen LogP contribution in [0.3, 0.4) is 0 Å². The van der Waals surface area contributed by atoms with Crippen molar-refractivity contribution in [2.75, 3.05) is 33.9 Å². The molecule has 2 fully saturated rings. The molecule has 2 aliphatic heterocycles. The number of hydrogen-bond acceptors (Lipinski definition) is 3. The highest BCUT2D eigenvalue weighted by Crippen LogP contribution is 2.41. The Morgan fingerprint density at radius 1 is 1.02 bits per heavy atom. The molecule has 4 rings (SSSR count). The lowest BCUT2D eigenvalue weighted by Gasteiger charge is -2.46. The van der Waals surface area contributed by atoms with E-state index in [2.05, 4.69) is 4.90 Å². The standard InChI is InChI=1S/C30H36F7N3O2/c1-18-12-23(31)7-8-26(18)27-16-24(39-10-5-6-25(39)17-42-4)9-11-40(27)28(41)38(3)19(2)20-13-21(29(32,33)34)15-22(14-20)30(35,36)37/h7-8,12-15,19,24-25,27H,5-6,9-11,16-17H2,1-4H3. The van der Waals surface area contributed by atoms with Crippen LogP contribution in [-0.4, -0.2) is 66.7 Å². The second-order valence-corrected chi connectivity index (χ2v) is 11.3. The third-order valence-corrected chi connectivity index (χ3v) is 8.64. The van der Waals surface area contributed by atoms with E-state index < -0.39 is 47.4 Å². The van der Waals surface area contributed by atoms with Crippen LogP contribution in [0.15, 0.2) is 36.4 Å². The highest BCUT2D eigenvalue weighted by molar-refractivity contribution is 5.75. The lowest BCUT2D eigenvalue weighted by atomic mass is 9.88. The number of likely N-dealkylation sites (tertiary alicyclic amines) is 2. The monoisotopic (exact) mass is 603 g/mol. The van der Waals surface area contributed by atoms with Gasteiger partial charge in [0.2, 0.25) is 0 Å². The van der Waals surface area contributed by atoms with Gasteiger partial charge in [-0.05, 0) is 93.1 Å². The minimum absolute atomic E-state index is 0.0748. The molecule has 232 valence electrons. The molecular formula is C30H36F7N3O2. The molecule has 0 radical (unpaired) electrons.